The van der Waals surface area contributed by atoms with Crippen molar-refractivity contribution < 1.29 is 9.59 Å². The van der Waals surface area contributed by atoms with Gasteiger partial charge in [0.1, 0.15) is 5.78 Å². The van der Waals surface area contributed by atoms with E-state index in [1.54, 1.807) is 0 Å². The van der Waals surface area contributed by atoms with E-state index in [4.69, 9.17) is 11.6 Å². The fraction of sp³-hybridized carbons (Fsp3) is 0.500. The zero-order chi connectivity index (χ0) is 14.6. The summed E-state index contributed by atoms with van der Waals surface area (Å²) in [7, 11) is 0. The summed E-state index contributed by atoms with van der Waals surface area (Å²) in [6.45, 7) is 0.689. The zero-order valence-electron chi connectivity index (χ0n) is 11.7. The highest BCUT2D eigenvalue weighted by molar-refractivity contribution is 6.31. The Bertz CT molecular complexity index is 618. The van der Waals surface area contributed by atoms with Gasteiger partial charge in [-0.2, -0.15) is 0 Å². The second kappa shape index (κ2) is 4.82. The lowest BCUT2D eigenvalue weighted by molar-refractivity contribution is -0.139. The molecule has 1 amide bonds. The third-order valence-electron chi connectivity index (χ3n) is 5.00. The maximum absolute atomic E-state index is 12.5. The molecule has 4 rings (SSSR count). The van der Waals surface area contributed by atoms with Gasteiger partial charge in [0.25, 0.3) is 0 Å². The molecule has 0 bridgehead atoms. The van der Waals surface area contributed by atoms with Crippen molar-refractivity contribution in [1.29, 1.82) is 0 Å². The second-order valence-corrected chi connectivity index (χ2v) is 6.48. The molecule has 0 N–H and O–H groups in total. The third-order valence-corrected chi connectivity index (χ3v) is 5.34. The van der Waals surface area contributed by atoms with Crippen LogP contribution in [0.4, 0.5) is 0 Å². The molecule has 3 aliphatic rings. The largest absolute Gasteiger partial charge is 0.299 e. The Labute approximate surface area is 128 Å². The summed E-state index contributed by atoms with van der Waals surface area (Å²) in [6, 6.07) is 7.64. The molecule has 3 fully saturated rings. The number of ketones is 1. The van der Waals surface area contributed by atoms with Crippen LogP contribution in [0.2, 0.25) is 5.02 Å². The van der Waals surface area contributed by atoms with Gasteiger partial charge in [-0.3, -0.25) is 14.6 Å². The minimum Gasteiger partial charge on any atom is -0.299 e. The fourth-order valence-electron chi connectivity index (χ4n) is 4.19. The summed E-state index contributed by atoms with van der Waals surface area (Å²) in [4.78, 5) is 24.7. The molecule has 2 saturated heterocycles. The topological polar surface area (TPSA) is 40.6 Å². The van der Waals surface area contributed by atoms with Crippen LogP contribution in [0.5, 0.6) is 0 Å². The molecule has 3 atom stereocenters. The summed E-state index contributed by atoms with van der Waals surface area (Å²) in [5, 5.41) is 4.62. The number of fused-ring (bicyclic) bond motifs is 3. The van der Waals surface area contributed by atoms with E-state index in [0.717, 1.165) is 18.4 Å². The number of hydrogen-bond acceptors (Lipinski definition) is 3. The first-order valence-electron chi connectivity index (χ1n) is 7.54. The van der Waals surface area contributed by atoms with Crippen LogP contribution < -0.4 is 0 Å². The molecule has 0 spiro atoms. The normalized spacial score (nSPS) is 32.4. The molecular weight excluding hydrogens is 288 g/mol. The summed E-state index contributed by atoms with van der Waals surface area (Å²) >= 11 is 6.37. The van der Waals surface area contributed by atoms with E-state index in [1.165, 1.54) is 0 Å². The van der Waals surface area contributed by atoms with Gasteiger partial charge >= 0.3 is 0 Å². The van der Waals surface area contributed by atoms with Gasteiger partial charge in [0.05, 0.1) is 18.0 Å². The van der Waals surface area contributed by atoms with Crippen LogP contribution in [0.3, 0.4) is 0 Å². The quantitative estimate of drug-likeness (QED) is 0.800. The molecule has 0 unspecified atom stereocenters. The van der Waals surface area contributed by atoms with E-state index in [0.29, 0.717) is 24.4 Å². The van der Waals surface area contributed by atoms with Gasteiger partial charge in [-0.25, -0.2) is 5.01 Å². The minimum atomic E-state index is -0.122. The van der Waals surface area contributed by atoms with E-state index in [-0.39, 0.29) is 29.7 Å². The maximum atomic E-state index is 12.5. The molecule has 5 heteroatoms. The number of rotatable bonds is 1. The van der Waals surface area contributed by atoms with Gasteiger partial charge in [-0.15, -0.1) is 0 Å². The molecule has 1 aliphatic carbocycles. The van der Waals surface area contributed by atoms with Crippen LogP contribution in [0.25, 0.3) is 0 Å². The lowest BCUT2D eigenvalue weighted by Gasteiger charge is -2.29. The first kappa shape index (κ1) is 13.3. The van der Waals surface area contributed by atoms with Crippen LogP contribution in [-0.4, -0.2) is 34.3 Å². The van der Waals surface area contributed by atoms with Crippen LogP contribution in [0.15, 0.2) is 24.3 Å². The predicted molar refractivity (Wildman–Crippen MR) is 78.5 cm³/mol. The van der Waals surface area contributed by atoms with Crippen molar-refractivity contribution in [2.24, 2.45) is 5.92 Å². The van der Waals surface area contributed by atoms with Gasteiger partial charge in [0, 0.05) is 24.4 Å². The van der Waals surface area contributed by atoms with E-state index in [1.807, 2.05) is 29.3 Å². The molecule has 2 aliphatic heterocycles. The monoisotopic (exact) mass is 304 g/mol. The molecule has 0 aromatic heterocycles. The Balaban J connectivity index is 1.82. The summed E-state index contributed by atoms with van der Waals surface area (Å²) in [6.07, 6.45) is 2.96. The number of carbonyl (C=O) groups is 2. The Morgan fingerprint density at radius 3 is 2.76 bits per heavy atom. The first-order valence-corrected chi connectivity index (χ1v) is 7.92. The van der Waals surface area contributed by atoms with Crippen LogP contribution in [-0.2, 0) is 9.59 Å². The van der Waals surface area contributed by atoms with Gasteiger partial charge in [-0.05, 0) is 24.5 Å². The maximum Gasteiger partial charge on any atom is 0.238 e. The van der Waals surface area contributed by atoms with Gasteiger partial charge in [0.2, 0.25) is 5.91 Å². The molecule has 2 heterocycles. The molecule has 1 aromatic rings. The fourth-order valence-corrected chi connectivity index (χ4v) is 4.43. The second-order valence-electron chi connectivity index (χ2n) is 6.07. The molecule has 21 heavy (non-hydrogen) atoms. The Kier molecular flexibility index (Phi) is 3.05. The van der Waals surface area contributed by atoms with Crippen LogP contribution >= 0.6 is 11.6 Å². The Hall–Kier alpha value is -1.39. The van der Waals surface area contributed by atoms with Crippen molar-refractivity contribution in [3.63, 3.8) is 0 Å². The molecule has 0 radical (unpaired) electrons. The Morgan fingerprint density at radius 2 is 1.95 bits per heavy atom. The number of hydrazine groups is 1. The van der Waals surface area contributed by atoms with Gasteiger partial charge < -0.3 is 0 Å². The van der Waals surface area contributed by atoms with E-state index in [9.17, 15) is 9.59 Å². The van der Waals surface area contributed by atoms with Gasteiger partial charge in [0.15, 0.2) is 0 Å². The van der Waals surface area contributed by atoms with E-state index < -0.39 is 0 Å². The SMILES string of the molecule is O=C1CCC[C@@H]2[C@H]1[C@@H](c1ccccc1Cl)N1CCC(=O)N21. The number of amides is 1. The smallest absolute Gasteiger partial charge is 0.238 e. The average Bonchev–Trinajstić information content (AvgIpc) is 3.00. The highest BCUT2D eigenvalue weighted by Crippen LogP contribution is 2.49. The number of nitrogens with zero attached hydrogens (tertiary/aromatic N) is 2. The number of Topliss-reactive ketones (excluding diaryl/α,β-unsaturated/α-hetero) is 1. The number of hydrogen-bond donors (Lipinski definition) is 0. The van der Waals surface area contributed by atoms with Crippen molar-refractivity contribution in [3.8, 4) is 0 Å². The molecular formula is C16H17ClN2O2. The van der Waals surface area contributed by atoms with Crippen molar-refractivity contribution in [3.05, 3.63) is 34.9 Å². The number of halogens is 1. The minimum absolute atomic E-state index is 0.0301. The summed E-state index contributed by atoms with van der Waals surface area (Å²) in [5.41, 5.74) is 0.974. The predicted octanol–water partition coefficient (Wildman–Crippen LogP) is 2.58. The number of carbonyl (C=O) groups excluding carboxylic acids is 2. The third kappa shape index (κ3) is 1.86. The average molecular weight is 305 g/mol. The molecule has 1 aromatic carbocycles. The van der Waals surface area contributed by atoms with E-state index >= 15 is 0 Å². The molecule has 110 valence electrons. The highest BCUT2D eigenvalue weighted by atomic mass is 35.5. The lowest BCUT2D eigenvalue weighted by atomic mass is 9.77. The highest BCUT2D eigenvalue weighted by Gasteiger charge is 2.56. The van der Waals surface area contributed by atoms with Crippen molar-refractivity contribution >= 4 is 23.3 Å². The van der Waals surface area contributed by atoms with Crippen molar-refractivity contribution in [2.45, 2.75) is 37.8 Å². The number of benzene rings is 1. The zero-order valence-corrected chi connectivity index (χ0v) is 12.4. The molecule has 4 nitrogen and oxygen atoms in total. The summed E-state index contributed by atoms with van der Waals surface area (Å²) < 4.78 is 0. The van der Waals surface area contributed by atoms with Gasteiger partial charge in [-0.1, -0.05) is 29.8 Å². The van der Waals surface area contributed by atoms with Crippen LogP contribution in [0.1, 0.15) is 37.3 Å². The Morgan fingerprint density at radius 1 is 1.14 bits per heavy atom. The lowest BCUT2D eigenvalue weighted by Crippen LogP contribution is -2.42. The first-order chi connectivity index (χ1) is 10.2. The molecule has 1 saturated carbocycles. The van der Waals surface area contributed by atoms with E-state index in [2.05, 4.69) is 5.01 Å². The van der Waals surface area contributed by atoms with Crippen molar-refractivity contribution in [2.75, 3.05) is 6.54 Å². The van der Waals surface area contributed by atoms with Crippen molar-refractivity contribution in [1.82, 2.24) is 10.0 Å². The summed E-state index contributed by atoms with van der Waals surface area (Å²) in [5.74, 6) is 0.301. The standard InChI is InChI=1S/C16H17ClN2O2/c17-11-5-2-1-4-10(11)16-15-12(6-3-7-13(15)20)19-14(21)8-9-18(16)19/h1-2,4-5,12,15-16H,3,6-9H2/t12-,15-,16-/m1/s1. The van der Waals surface area contributed by atoms with Crippen LogP contribution in [0, 0.1) is 5.92 Å².